The number of carbonyl (C=O) groups excluding carboxylic acids is 4. The van der Waals surface area contributed by atoms with Crippen molar-refractivity contribution in [3.63, 3.8) is 0 Å². The Hall–Kier alpha value is -4.32. The molecule has 2 aromatic rings. The van der Waals surface area contributed by atoms with Crippen LogP contribution in [0.3, 0.4) is 0 Å². The lowest BCUT2D eigenvalue weighted by atomic mass is 9.91. The fraction of sp³-hybridized carbons (Fsp3) is 0.619. The minimum Gasteiger partial charge on any atom is -0.507 e. The van der Waals surface area contributed by atoms with Gasteiger partial charge in [-0.15, -0.1) is 0 Å². The van der Waals surface area contributed by atoms with Gasteiger partial charge in [-0.3, -0.25) is 9.59 Å². The van der Waals surface area contributed by atoms with Crippen LogP contribution >= 0.6 is 0 Å². The van der Waals surface area contributed by atoms with Gasteiger partial charge < -0.3 is 39.5 Å². The number of aryl methyl sites for hydroxylation is 2. The van der Waals surface area contributed by atoms with Crippen LogP contribution < -0.4 is 5.32 Å². The van der Waals surface area contributed by atoms with Gasteiger partial charge in [-0.25, -0.2) is 9.59 Å². The van der Waals surface area contributed by atoms with E-state index in [2.05, 4.69) is 16.3 Å². The highest BCUT2D eigenvalue weighted by atomic mass is 16.5. The van der Waals surface area contributed by atoms with E-state index in [-0.39, 0.29) is 36.0 Å². The van der Waals surface area contributed by atoms with Crippen LogP contribution in [0.1, 0.15) is 81.0 Å². The molecular weight excluding hydrogens is 686 g/mol. The molecule has 12 heteroatoms. The number of urea groups is 1. The number of hydrogen-bond donors (Lipinski definition) is 2. The Kier molecular flexibility index (Phi) is 14.6. The molecule has 4 aliphatic heterocycles. The summed E-state index contributed by atoms with van der Waals surface area (Å²) in [7, 11) is 1.40. The fourth-order valence-electron chi connectivity index (χ4n) is 8.57. The molecule has 12 nitrogen and oxygen atoms in total. The monoisotopic (exact) mass is 747 g/mol. The maximum absolute atomic E-state index is 13.0. The van der Waals surface area contributed by atoms with E-state index >= 15 is 0 Å². The number of likely N-dealkylation sites (tertiary alicyclic amines) is 3. The van der Waals surface area contributed by atoms with Crippen LogP contribution in [0.5, 0.6) is 5.75 Å². The Bertz CT molecular complexity index is 1570. The maximum Gasteiger partial charge on any atom is 0.409 e. The van der Waals surface area contributed by atoms with Crippen LogP contribution in [0.25, 0.3) is 0 Å². The first-order valence-electron chi connectivity index (χ1n) is 19.9. The minimum absolute atomic E-state index is 0.0403. The molecule has 0 spiro atoms. The molecule has 296 valence electrons. The summed E-state index contributed by atoms with van der Waals surface area (Å²) in [6.07, 6.45) is 7.56. The number of hydrogen-bond acceptors (Lipinski definition) is 8. The normalized spacial score (nSPS) is 19.5. The number of esters is 1. The molecule has 0 radical (unpaired) electrons. The van der Waals surface area contributed by atoms with E-state index in [1.807, 2.05) is 67.8 Å². The first kappa shape index (κ1) is 40.9. The van der Waals surface area contributed by atoms with E-state index in [9.17, 15) is 24.3 Å². The van der Waals surface area contributed by atoms with Crippen LogP contribution in [0, 0.1) is 25.7 Å². The Morgan fingerprint density at radius 2 is 1.48 bits per heavy atom. The summed E-state index contributed by atoms with van der Waals surface area (Å²) in [6, 6.07) is 12.6. The lowest BCUT2D eigenvalue weighted by molar-refractivity contribution is -0.144. The predicted molar refractivity (Wildman–Crippen MR) is 208 cm³/mol. The maximum atomic E-state index is 13.0. The van der Waals surface area contributed by atoms with Crippen molar-refractivity contribution in [1.29, 1.82) is 0 Å². The van der Waals surface area contributed by atoms with Crippen molar-refractivity contribution >= 4 is 29.7 Å². The van der Waals surface area contributed by atoms with Gasteiger partial charge in [-0.1, -0.05) is 37.3 Å². The van der Waals surface area contributed by atoms with Crippen molar-refractivity contribution in [2.45, 2.75) is 97.6 Å². The highest BCUT2D eigenvalue weighted by Crippen LogP contribution is 2.29. The average molecular weight is 748 g/mol. The second-order valence-corrected chi connectivity index (χ2v) is 15.4. The van der Waals surface area contributed by atoms with Gasteiger partial charge in [0.25, 0.3) is 0 Å². The number of nitrogens with zero attached hydrogens (tertiary/aromatic N) is 4. The Balaban J connectivity index is 0.000000222. The molecule has 3 saturated heterocycles. The summed E-state index contributed by atoms with van der Waals surface area (Å²) >= 11 is 0. The number of fused-ring (bicyclic) bond motifs is 1. The molecule has 4 amide bonds. The second kappa shape index (κ2) is 19.3. The number of carbonyl (C=O) groups is 4. The zero-order chi connectivity index (χ0) is 38.8. The summed E-state index contributed by atoms with van der Waals surface area (Å²) in [6.45, 7) is 13.8. The van der Waals surface area contributed by atoms with Crippen LogP contribution in [-0.2, 0) is 31.9 Å². The number of rotatable bonds is 8. The topological polar surface area (TPSA) is 132 Å². The molecule has 0 saturated carbocycles. The number of amides is 4. The molecule has 2 N–H and O–H groups in total. The van der Waals surface area contributed by atoms with Crippen molar-refractivity contribution in [1.82, 2.24) is 19.6 Å². The number of ether oxygens (including phenoxy) is 2. The number of phenolic OH excluding ortho intramolecular Hbond substituents is 1. The van der Waals surface area contributed by atoms with Crippen LogP contribution in [-0.4, -0.2) is 120 Å². The fourth-order valence-corrected chi connectivity index (χ4v) is 8.57. The number of aromatic hydroxyl groups is 1. The van der Waals surface area contributed by atoms with Crippen LogP contribution in [0.2, 0.25) is 0 Å². The third-order valence-electron chi connectivity index (χ3n) is 11.7. The number of para-hydroxylation sites is 1. The van der Waals surface area contributed by atoms with E-state index < -0.39 is 0 Å². The summed E-state index contributed by atoms with van der Waals surface area (Å²) in [5.74, 6) is 0.901. The molecule has 0 aromatic heterocycles. The SMILES string of the molecule is CCOC(=O)CC1CCN(C2CCN(C(=O)[C@H](C)Cc3cc(C)c(O)c(C)c3)CC2)CC1.COC(=O)N1CCC(N2CCc3ccccc3NC2=O)CC1. The van der Waals surface area contributed by atoms with Crippen LogP contribution in [0.4, 0.5) is 15.3 Å². The molecule has 2 aromatic carbocycles. The molecule has 0 aliphatic carbocycles. The Labute approximate surface area is 321 Å². The van der Waals surface area contributed by atoms with E-state index in [1.165, 1.54) is 12.7 Å². The summed E-state index contributed by atoms with van der Waals surface area (Å²) in [5, 5.41) is 13.0. The molecular formula is C42H61N5O7. The number of piperidine rings is 3. The molecule has 54 heavy (non-hydrogen) atoms. The molecule has 0 bridgehead atoms. The number of anilines is 1. The molecule has 6 rings (SSSR count). The zero-order valence-corrected chi connectivity index (χ0v) is 33.0. The van der Waals surface area contributed by atoms with Gasteiger partial charge in [0.05, 0.1) is 13.7 Å². The molecule has 4 heterocycles. The molecule has 4 aliphatic rings. The lowest BCUT2D eigenvalue weighted by Crippen LogP contribution is -2.50. The van der Waals surface area contributed by atoms with Gasteiger partial charge in [-0.2, -0.15) is 0 Å². The highest BCUT2D eigenvalue weighted by Gasteiger charge is 2.33. The minimum atomic E-state index is -0.286. The van der Waals surface area contributed by atoms with E-state index in [0.29, 0.717) is 56.8 Å². The second-order valence-electron chi connectivity index (χ2n) is 15.4. The smallest absolute Gasteiger partial charge is 0.409 e. The van der Waals surface area contributed by atoms with Crippen molar-refractivity contribution in [3.8, 4) is 5.75 Å². The lowest BCUT2D eigenvalue weighted by Gasteiger charge is -2.42. The van der Waals surface area contributed by atoms with E-state index in [4.69, 9.17) is 9.47 Å². The van der Waals surface area contributed by atoms with E-state index in [1.54, 1.807) is 4.90 Å². The van der Waals surface area contributed by atoms with Gasteiger partial charge >= 0.3 is 18.1 Å². The van der Waals surface area contributed by atoms with Crippen molar-refractivity contribution < 1.29 is 33.8 Å². The first-order valence-corrected chi connectivity index (χ1v) is 19.9. The Morgan fingerprint density at radius 3 is 2.11 bits per heavy atom. The van der Waals surface area contributed by atoms with Gasteiger partial charge in [0, 0.05) is 62.8 Å². The third-order valence-corrected chi connectivity index (χ3v) is 11.7. The summed E-state index contributed by atoms with van der Waals surface area (Å²) in [5.41, 5.74) is 4.92. The average Bonchev–Trinajstić information content (AvgIpc) is 3.35. The van der Waals surface area contributed by atoms with Gasteiger partial charge in [0.15, 0.2) is 0 Å². The van der Waals surface area contributed by atoms with Gasteiger partial charge in [0.2, 0.25) is 5.91 Å². The number of methoxy groups -OCH3 is 1. The van der Waals surface area contributed by atoms with Crippen LogP contribution in [0.15, 0.2) is 36.4 Å². The zero-order valence-electron chi connectivity index (χ0n) is 33.0. The summed E-state index contributed by atoms with van der Waals surface area (Å²) in [4.78, 5) is 57.0. The third kappa shape index (κ3) is 10.7. The van der Waals surface area contributed by atoms with Crippen molar-refractivity contribution in [3.05, 3.63) is 58.7 Å². The number of nitrogens with one attached hydrogen (secondary N) is 1. The summed E-state index contributed by atoms with van der Waals surface area (Å²) < 4.78 is 9.84. The quantitative estimate of drug-likeness (QED) is 0.308. The first-order chi connectivity index (χ1) is 26.0. The van der Waals surface area contributed by atoms with Crippen molar-refractivity contribution in [2.75, 3.05) is 64.8 Å². The predicted octanol–water partition coefficient (Wildman–Crippen LogP) is 6.15. The highest BCUT2D eigenvalue weighted by molar-refractivity contribution is 5.91. The molecule has 3 fully saturated rings. The van der Waals surface area contributed by atoms with Crippen molar-refractivity contribution in [2.24, 2.45) is 11.8 Å². The van der Waals surface area contributed by atoms with Gasteiger partial charge in [-0.05, 0) is 119 Å². The molecule has 0 unspecified atom stereocenters. The molecule has 1 atom stereocenters. The standard InChI is InChI=1S/C26H40N2O4.C16H21N3O3/c1-5-32-24(29)17-21-6-10-27(11-7-21)23-8-12-28(13-9-23)26(31)20(4)16-22-14-18(2)25(30)19(3)15-22;1-22-16(21)18-9-7-13(8-10-18)19-11-6-12-4-2-3-5-14(12)17-15(19)20/h14-15,20-21,23,30H,5-13,16-17H2,1-4H3;2-5,13H,6-11H2,1H3,(H,17,20)/t20-;/m1./s1. The number of phenols is 1. The Morgan fingerprint density at radius 1 is 0.870 bits per heavy atom. The number of benzene rings is 2. The van der Waals surface area contributed by atoms with Gasteiger partial charge in [0.1, 0.15) is 5.75 Å². The van der Waals surface area contributed by atoms with E-state index in [0.717, 1.165) is 93.5 Å². The largest absolute Gasteiger partial charge is 0.507 e.